The second-order valence-electron chi connectivity index (χ2n) is 3.72. The minimum absolute atomic E-state index is 0.0700. The van der Waals surface area contributed by atoms with Gasteiger partial charge in [0.2, 0.25) is 5.91 Å². The lowest BCUT2D eigenvalue weighted by atomic mass is 10.1. The van der Waals surface area contributed by atoms with Gasteiger partial charge < -0.3 is 11.1 Å². The van der Waals surface area contributed by atoms with Gasteiger partial charge >= 0.3 is 0 Å². The van der Waals surface area contributed by atoms with Crippen LogP contribution in [0.3, 0.4) is 0 Å². The maximum Gasteiger partial charge on any atom is 0.236 e. The Hall–Kier alpha value is -1.43. The number of nitrogens with one attached hydrogen (secondary N) is 2. The Labute approximate surface area is 95.0 Å². The van der Waals surface area contributed by atoms with E-state index in [1.165, 1.54) is 6.33 Å². The highest BCUT2D eigenvalue weighted by Gasteiger charge is 2.10. The molecule has 0 saturated carbocycles. The Morgan fingerprint density at radius 2 is 2.50 bits per heavy atom. The maximum atomic E-state index is 11.4. The molecule has 1 amide bonds. The van der Waals surface area contributed by atoms with Gasteiger partial charge in [-0.05, 0) is 12.8 Å². The second-order valence-corrected chi connectivity index (χ2v) is 3.72. The van der Waals surface area contributed by atoms with Gasteiger partial charge in [-0.2, -0.15) is 5.10 Å². The summed E-state index contributed by atoms with van der Waals surface area (Å²) < 4.78 is 0. The van der Waals surface area contributed by atoms with Gasteiger partial charge in [0, 0.05) is 13.0 Å². The van der Waals surface area contributed by atoms with Crippen LogP contribution >= 0.6 is 0 Å². The second kappa shape index (κ2) is 6.95. The van der Waals surface area contributed by atoms with Gasteiger partial charge in [0.1, 0.15) is 12.2 Å². The molecule has 1 aromatic heterocycles. The van der Waals surface area contributed by atoms with E-state index in [4.69, 9.17) is 5.73 Å². The van der Waals surface area contributed by atoms with E-state index in [0.29, 0.717) is 6.54 Å². The molecule has 6 heteroatoms. The lowest BCUT2D eigenvalue weighted by Gasteiger charge is -2.10. The zero-order valence-corrected chi connectivity index (χ0v) is 9.57. The van der Waals surface area contributed by atoms with E-state index in [-0.39, 0.29) is 11.9 Å². The van der Waals surface area contributed by atoms with Crippen LogP contribution in [0.4, 0.5) is 0 Å². The fourth-order valence-corrected chi connectivity index (χ4v) is 1.39. The number of H-pyrrole nitrogens is 1. The van der Waals surface area contributed by atoms with Crippen molar-refractivity contribution in [1.29, 1.82) is 0 Å². The highest BCUT2D eigenvalue weighted by molar-refractivity contribution is 5.81. The van der Waals surface area contributed by atoms with Crippen molar-refractivity contribution in [3.8, 4) is 0 Å². The predicted octanol–water partition coefficient (Wildman–Crippen LogP) is -0.0191. The fraction of sp³-hybridized carbons (Fsp3) is 0.700. The molecule has 4 N–H and O–H groups in total. The number of carbonyl (C=O) groups excluding carboxylic acids is 1. The van der Waals surface area contributed by atoms with Gasteiger partial charge in [0.05, 0.1) is 6.04 Å². The Morgan fingerprint density at radius 3 is 3.12 bits per heavy atom. The number of aryl methyl sites for hydroxylation is 1. The summed E-state index contributed by atoms with van der Waals surface area (Å²) in [6.45, 7) is 2.63. The summed E-state index contributed by atoms with van der Waals surface area (Å²) in [4.78, 5) is 15.4. The van der Waals surface area contributed by atoms with E-state index in [1.807, 2.05) is 6.92 Å². The highest BCUT2D eigenvalue weighted by atomic mass is 16.2. The molecule has 6 nitrogen and oxygen atoms in total. The summed E-state index contributed by atoms with van der Waals surface area (Å²) in [5.41, 5.74) is 5.66. The summed E-state index contributed by atoms with van der Waals surface area (Å²) >= 11 is 0. The van der Waals surface area contributed by atoms with Gasteiger partial charge in [-0.1, -0.05) is 13.3 Å². The van der Waals surface area contributed by atoms with Gasteiger partial charge in [-0.15, -0.1) is 0 Å². The number of rotatable bonds is 7. The Bertz CT molecular complexity index is 298. The van der Waals surface area contributed by atoms with Gasteiger partial charge in [0.25, 0.3) is 0 Å². The molecule has 0 aliphatic rings. The van der Waals surface area contributed by atoms with Crippen molar-refractivity contribution in [2.45, 2.75) is 38.6 Å². The van der Waals surface area contributed by atoms with Crippen molar-refractivity contribution in [2.75, 3.05) is 6.54 Å². The van der Waals surface area contributed by atoms with Gasteiger partial charge in [-0.3, -0.25) is 9.89 Å². The van der Waals surface area contributed by atoms with E-state index in [1.54, 1.807) is 0 Å². The molecule has 0 unspecified atom stereocenters. The third-order valence-electron chi connectivity index (χ3n) is 2.29. The van der Waals surface area contributed by atoms with Crippen molar-refractivity contribution in [3.05, 3.63) is 12.2 Å². The van der Waals surface area contributed by atoms with Crippen LogP contribution in [0.5, 0.6) is 0 Å². The molecule has 0 fully saturated rings. The van der Waals surface area contributed by atoms with Crippen LogP contribution in [-0.2, 0) is 11.2 Å². The van der Waals surface area contributed by atoms with E-state index in [0.717, 1.165) is 31.5 Å². The average Bonchev–Trinajstić information content (AvgIpc) is 2.77. The van der Waals surface area contributed by atoms with Crippen LogP contribution < -0.4 is 11.1 Å². The molecular formula is C10H19N5O. The fourth-order valence-electron chi connectivity index (χ4n) is 1.39. The number of amides is 1. The number of hydrogen-bond donors (Lipinski definition) is 3. The van der Waals surface area contributed by atoms with Crippen LogP contribution in [0.2, 0.25) is 0 Å². The number of nitrogens with two attached hydrogens (primary N) is 1. The molecule has 1 aromatic rings. The minimum atomic E-state index is -0.379. The van der Waals surface area contributed by atoms with E-state index >= 15 is 0 Å². The molecular weight excluding hydrogens is 206 g/mol. The van der Waals surface area contributed by atoms with Crippen LogP contribution in [0.15, 0.2) is 6.33 Å². The standard InChI is InChI=1S/C10H19N5O/c1-2-4-8(11)10(16)12-6-3-5-9-13-7-14-15-9/h7-8H,2-6,11H2,1H3,(H,12,16)(H,13,14,15)/t8-/m0/s1. The Balaban J connectivity index is 2.08. The van der Waals surface area contributed by atoms with E-state index in [2.05, 4.69) is 20.5 Å². The van der Waals surface area contributed by atoms with Crippen molar-refractivity contribution in [1.82, 2.24) is 20.5 Å². The van der Waals surface area contributed by atoms with Crippen LogP contribution in [0.1, 0.15) is 32.0 Å². The smallest absolute Gasteiger partial charge is 0.236 e. The molecule has 16 heavy (non-hydrogen) atoms. The molecule has 0 spiro atoms. The lowest BCUT2D eigenvalue weighted by Crippen LogP contribution is -2.40. The average molecular weight is 225 g/mol. The summed E-state index contributed by atoms with van der Waals surface area (Å²) in [5, 5.41) is 9.32. The number of carbonyl (C=O) groups is 1. The molecule has 0 saturated heterocycles. The van der Waals surface area contributed by atoms with Crippen LogP contribution in [-0.4, -0.2) is 33.7 Å². The molecule has 0 aliphatic heterocycles. The Kier molecular flexibility index (Phi) is 5.49. The minimum Gasteiger partial charge on any atom is -0.355 e. The van der Waals surface area contributed by atoms with E-state index < -0.39 is 0 Å². The maximum absolute atomic E-state index is 11.4. The van der Waals surface area contributed by atoms with Crippen molar-refractivity contribution >= 4 is 5.91 Å². The highest BCUT2D eigenvalue weighted by Crippen LogP contribution is 1.94. The number of hydrogen-bond acceptors (Lipinski definition) is 4. The first kappa shape index (κ1) is 12.6. The largest absolute Gasteiger partial charge is 0.355 e. The molecule has 1 atom stereocenters. The van der Waals surface area contributed by atoms with Crippen molar-refractivity contribution in [2.24, 2.45) is 5.73 Å². The zero-order valence-electron chi connectivity index (χ0n) is 9.57. The molecule has 0 bridgehead atoms. The van der Waals surface area contributed by atoms with E-state index in [9.17, 15) is 4.79 Å². The quantitative estimate of drug-likeness (QED) is 0.568. The van der Waals surface area contributed by atoms with Gasteiger partial charge in [-0.25, -0.2) is 4.98 Å². The monoisotopic (exact) mass is 225 g/mol. The number of nitrogens with zero attached hydrogens (tertiary/aromatic N) is 2. The molecule has 90 valence electrons. The third kappa shape index (κ3) is 4.39. The summed E-state index contributed by atoms with van der Waals surface area (Å²) in [5.74, 6) is 0.770. The SMILES string of the molecule is CCC[C@H](N)C(=O)NCCCc1ncn[nH]1. The van der Waals surface area contributed by atoms with Crippen molar-refractivity contribution < 1.29 is 4.79 Å². The first-order valence-electron chi connectivity index (χ1n) is 5.61. The molecule has 0 aliphatic carbocycles. The third-order valence-corrected chi connectivity index (χ3v) is 2.29. The first-order chi connectivity index (χ1) is 7.74. The topological polar surface area (TPSA) is 96.7 Å². The Morgan fingerprint density at radius 1 is 1.69 bits per heavy atom. The zero-order chi connectivity index (χ0) is 11.8. The normalized spacial score (nSPS) is 12.4. The summed E-state index contributed by atoms with van der Waals surface area (Å²) in [6.07, 6.45) is 4.74. The summed E-state index contributed by atoms with van der Waals surface area (Å²) in [6, 6.07) is -0.379. The molecule has 0 radical (unpaired) electrons. The van der Waals surface area contributed by atoms with Gasteiger partial charge in [0.15, 0.2) is 0 Å². The van der Waals surface area contributed by atoms with Crippen molar-refractivity contribution in [3.63, 3.8) is 0 Å². The van der Waals surface area contributed by atoms with Crippen LogP contribution in [0, 0.1) is 0 Å². The molecule has 0 aromatic carbocycles. The number of aromatic nitrogens is 3. The molecule has 1 heterocycles. The van der Waals surface area contributed by atoms with Crippen LogP contribution in [0.25, 0.3) is 0 Å². The molecule has 1 rings (SSSR count). The summed E-state index contributed by atoms with van der Waals surface area (Å²) in [7, 11) is 0. The lowest BCUT2D eigenvalue weighted by molar-refractivity contribution is -0.122. The number of aromatic amines is 1. The first-order valence-corrected chi connectivity index (χ1v) is 5.61. The predicted molar refractivity (Wildman–Crippen MR) is 60.6 cm³/mol.